The molecule has 19 heavy (non-hydrogen) atoms. The molecule has 0 spiro atoms. The number of benzene rings is 1. The SMILES string of the molecule is CNc1ccc(C(=O)NC2CCOC2C2CC2)cc1. The van der Waals surface area contributed by atoms with Crippen LogP contribution >= 0.6 is 0 Å². The third kappa shape index (κ3) is 2.73. The lowest BCUT2D eigenvalue weighted by Crippen LogP contribution is -2.41. The molecule has 1 aromatic carbocycles. The Kier molecular flexibility index (Phi) is 3.42. The number of amides is 1. The van der Waals surface area contributed by atoms with Crippen molar-refractivity contribution in [1.29, 1.82) is 0 Å². The second-order valence-corrected chi connectivity index (χ2v) is 5.37. The summed E-state index contributed by atoms with van der Waals surface area (Å²) in [6.45, 7) is 0.769. The lowest BCUT2D eigenvalue weighted by atomic mass is 10.1. The summed E-state index contributed by atoms with van der Waals surface area (Å²) in [4.78, 5) is 12.2. The minimum Gasteiger partial charge on any atom is -0.388 e. The average molecular weight is 260 g/mol. The highest BCUT2D eigenvalue weighted by Crippen LogP contribution is 2.38. The Bertz CT molecular complexity index is 454. The lowest BCUT2D eigenvalue weighted by molar-refractivity contribution is 0.0729. The quantitative estimate of drug-likeness (QED) is 0.871. The maximum atomic E-state index is 12.2. The van der Waals surface area contributed by atoms with Gasteiger partial charge in [0.25, 0.3) is 5.91 Å². The first-order valence-electron chi connectivity index (χ1n) is 6.98. The van der Waals surface area contributed by atoms with Crippen molar-refractivity contribution in [3.05, 3.63) is 29.8 Å². The van der Waals surface area contributed by atoms with Crippen molar-refractivity contribution in [3.8, 4) is 0 Å². The number of hydrogen-bond acceptors (Lipinski definition) is 3. The number of carbonyl (C=O) groups excluding carboxylic acids is 1. The van der Waals surface area contributed by atoms with Crippen molar-refractivity contribution in [2.75, 3.05) is 19.0 Å². The molecule has 0 radical (unpaired) electrons. The van der Waals surface area contributed by atoms with E-state index >= 15 is 0 Å². The molecule has 1 saturated carbocycles. The van der Waals surface area contributed by atoms with E-state index in [1.54, 1.807) is 0 Å². The molecule has 2 atom stereocenters. The molecule has 1 aliphatic heterocycles. The van der Waals surface area contributed by atoms with Gasteiger partial charge in [0.2, 0.25) is 0 Å². The molecule has 1 aliphatic carbocycles. The predicted octanol–water partition coefficient (Wildman–Crippen LogP) is 2.03. The first-order chi connectivity index (χ1) is 9.28. The van der Waals surface area contributed by atoms with Gasteiger partial charge in [-0.2, -0.15) is 0 Å². The van der Waals surface area contributed by atoms with Gasteiger partial charge in [-0.15, -0.1) is 0 Å². The normalized spacial score (nSPS) is 26.2. The van der Waals surface area contributed by atoms with Gasteiger partial charge in [-0.05, 0) is 49.4 Å². The van der Waals surface area contributed by atoms with Crippen molar-refractivity contribution in [2.45, 2.75) is 31.4 Å². The highest BCUT2D eigenvalue weighted by Gasteiger charge is 2.41. The maximum Gasteiger partial charge on any atom is 0.251 e. The molecule has 2 aliphatic rings. The monoisotopic (exact) mass is 260 g/mol. The summed E-state index contributed by atoms with van der Waals surface area (Å²) >= 11 is 0. The van der Waals surface area contributed by atoms with E-state index < -0.39 is 0 Å². The molecule has 4 heteroatoms. The van der Waals surface area contributed by atoms with Crippen LogP contribution in [0, 0.1) is 5.92 Å². The van der Waals surface area contributed by atoms with Gasteiger partial charge in [0.05, 0.1) is 12.1 Å². The second-order valence-electron chi connectivity index (χ2n) is 5.37. The Hall–Kier alpha value is -1.55. The standard InChI is InChI=1S/C15H20N2O2/c1-16-12-6-4-11(5-7-12)15(18)17-13-8-9-19-14(13)10-2-3-10/h4-7,10,13-14,16H,2-3,8-9H2,1H3,(H,17,18). The zero-order chi connectivity index (χ0) is 13.2. The molecular formula is C15H20N2O2. The van der Waals surface area contributed by atoms with Gasteiger partial charge in [0, 0.05) is 24.9 Å². The fourth-order valence-corrected chi connectivity index (χ4v) is 2.70. The molecular weight excluding hydrogens is 240 g/mol. The van der Waals surface area contributed by atoms with E-state index in [0.717, 1.165) is 18.7 Å². The molecule has 1 aromatic rings. The Labute approximate surface area is 113 Å². The number of carbonyl (C=O) groups is 1. The molecule has 2 unspecified atom stereocenters. The topological polar surface area (TPSA) is 50.4 Å². The van der Waals surface area contributed by atoms with Gasteiger partial charge in [-0.3, -0.25) is 4.79 Å². The van der Waals surface area contributed by atoms with Crippen LogP contribution in [0.25, 0.3) is 0 Å². The zero-order valence-electron chi connectivity index (χ0n) is 11.2. The van der Waals surface area contributed by atoms with E-state index in [2.05, 4.69) is 10.6 Å². The van der Waals surface area contributed by atoms with Gasteiger partial charge < -0.3 is 15.4 Å². The van der Waals surface area contributed by atoms with Crippen LogP contribution in [0.2, 0.25) is 0 Å². The van der Waals surface area contributed by atoms with Crippen LogP contribution < -0.4 is 10.6 Å². The van der Waals surface area contributed by atoms with Crippen LogP contribution in [0.5, 0.6) is 0 Å². The van der Waals surface area contributed by atoms with Crippen molar-refractivity contribution in [3.63, 3.8) is 0 Å². The molecule has 0 aromatic heterocycles. The fourth-order valence-electron chi connectivity index (χ4n) is 2.70. The van der Waals surface area contributed by atoms with Gasteiger partial charge in [0.15, 0.2) is 0 Å². The summed E-state index contributed by atoms with van der Waals surface area (Å²) in [6, 6.07) is 7.72. The summed E-state index contributed by atoms with van der Waals surface area (Å²) in [7, 11) is 1.87. The van der Waals surface area contributed by atoms with E-state index in [1.165, 1.54) is 12.8 Å². The fraction of sp³-hybridized carbons (Fsp3) is 0.533. The molecule has 1 amide bonds. The van der Waals surface area contributed by atoms with Crippen LogP contribution in [-0.4, -0.2) is 31.7 Å². The first-order valence-corrected chi connectivity index (χ1v) is 6.98. The van der Waals surface area contributed by atoms with E-state index in [1.807, 2.05) is 31.3 Å². The van der Waals surface area contributed by atoms with Crippen LogP contribution in [0.1, 0.15) is 29.6 Å². The Morgan fingerprint density at radius 3 is 2.58 bits per heavy atom. The van der Waals surface area contributed by atoms with Crippen LogP contribution in [0.3, 0.4) is 0 Å². The predicted molar refractivity (Wildman–Crippen MR) is 74.3 cm³/mol. The number of hydrogen-bond donors (Lipinski definition) is 2. The van der Waals surface area contributed by atoms with E-state index in [-0.39, 0.29) is 18.1 Å². The van der Waals surface area contributed by atoms with Gasteiger partial charge >= 0.3 is 0 Å². The molecule has 1 saturated heterocycles. The largest absolute Gasteiger partial charge is 0.388 e. The third-order valence-electron chi connectivity index (χ3n) is 3.97. The van der Waals surface area contributed by atoms with Crippen molar-refractivity contribution < 1.29 is 9.53 Å². The molecule has 0 bridgehead atoms. The molecule has 3 rings (SSSR count). The van der Waals surface area contributed by atoms with Gasteiger partial charge in [0.1, 0.15) is 0 Å². The Balaban J connectivity index is 1.63. The van der Waals surface area contributed by atoms with E-state index in [0.29, 0.717) is 11.5 Å². The van der Waals surface area contributed by atoms with Crippen molar-refractivity contribution in [2.24, 2.45) is 5.92 Å². The summed E-state index contributed by atoms with van der Waals surface area (Å²) < 4.78 is 5.74. The number of anilines is 1. The van der Waals surface area contributed by atoms with Crippen molar-refractivity contribution in [1.82, 2.24) is 5.32 Å². The first kappa shape index (κ1) is 12.5. The highest BCUT2D eigenvalue weighted by molar-refractivity contribution is 5.94. The lowest BCUT2D eigenvalue weighted by Gasteiger charge is -2.19. The smallest absolute Gasteiger partial charge is 0.251 e. The minimum atomic E-state index is 0.00352. The van der Waals surface area contributed by atoms with Crippen LogP contribution in [0.4, 0.5) is 5.69 Å². The second kappa shape index (κ2) is 5.21. The highest BCUT2D eigenvalue weighted by atomic mass is 16.5. The third-order valence-corrected chi connectivity index (χ3v) is 3.97. The minimum absolute atomic E-state index is 0.00352. The van der Waals surface area contributed by atoms with Crippen LogP contribution in [0.15, 0.2) is 24.3 Å². The molecule has 102 valence electrons. The summed E-state index contributed by atoms with van der Waals surface area (Å²) in [5.41, 5.74) is 1.72. The molecule has 2 N–H and O–H groups in total. The van der Waals surface area contributed by atoms with Crippen molar-refractivity contribution >= 4 is 11.6 Å². The summed E-state index contributed by atoms with van der Waals surface area (Å²) in [5, 5.41) is 6.16. The Morgan fingerprint density at radius 1 is 1.21 bits per heavy atom. The number of ether oxygens (including phenoxy) is 1. The van der Waals surface area contributed by atoms with Gasteiger partial charge in [-0.1, -0.05) is 0 Å². The van der Waals surface area contributed by atoms with E-state index in [9.17, 15) is 4.79 Å². The van der Waals surface area contributed by atoms with Gasteiger partial charge in [-0.25, -0.2) is 0 Å². The zero-order valence-corrected chi connectivity index (χ0v) is 11.2. The molecule has 1 heterocycles. The Morgan fingerprint density at radius 2 is 1.95 bits per heavy atom. The number of rotatable bonds is 4. The average Bonchev–Trinajstić information content (AvgIpc) is 3.19. The van der Waals surface area contributed by atoms with E-state index in [4.69, 9.17) is 4.74 Å². The summed E-state index contributed by atoms with van der Waals surface area (Å²) in [6.07, 6.45) is 3.66. The molecule has 2 fully saturated rings. The summed E-state index contributed by atoms with van der Waals surface area (Å²) in [5.74, 6) is 0.670. The number of nitrogens with one attached hydrogen (secondary N) is 2. The maximum absolute atomic E-state index is 12.2. The van der Waals surface area contributed by atoms with Crippen LogP contribution in [-0.2, 0) is 4.74 Å². The molecule has 4 nitrogen and oxygen atoms in total.